The Kier molecular flexibility index (Phi) is 10.1. The maximum absolute atomic E-state index is 13.1. The molecule has 0 aliphatic carbocycles. The second-order valence-electron chi connectivity index (χ2n) is 9.61. The number of halogens is 1. The predicted octanol–water partition coefficient (Wildman–Crippen LogP) is 9.38. The van der Waals surface area contributed by atoms with Crippen LogP contribution in [-0.2, 0) is 6.42 Å². The molecule has 2 nitrogen and oxygen atoms in total. The Morgan fingerprint density at radius 3 is 2.26 bits per heavy atom. The summed E-state index contributed by atoms with van der Waals surface area (Å²) in [5.74, 6) is 1.73. The van der Waals surface area contributed by atoms with Gasteiger partial charge >= 0.3 is 0 Å². The van der Waals surface area contributed by atoms with Crippen molar-refractivity contribution < 1.29 is 9.13 Å². The third-order valence-electron chi connectivity index (χ3n) is 6.03. The molecule has 0 aliphatic rings. The number of hydrogen-bond donors (Lipinski definition) is 0. The van der Waals surface area contributed by atoms with E-state index < -0.39 is 0 Å². The highest BCUT2D eigenvalue weighted by Crippen LogP contribution is 2.34. The van der Waals surface area contributed by atoms with Crippen molar-refractivity contribution in [1.29, 1.82) is 5.26 Å². The van der Waals surface area contributed by atoms with E-state index in [0.29, 0.717) is 24.0 Å². The van der Waals surface area contributed by atoms with Gasteiger partial charge in [0.05, 0.1) is 18.2 Å². The van der Waals surface area contributed by atoms with Crippen LogP contribution < -0.4 is 4.74 Å². The number of rotatable bonds is 12. The number of aryl methyl sites for hydroxylation is 1. The van der Waals surface area contributed by atoms with Gasteiger partial charge in [-0.3, -0.25) is 0 Å². The number of hydrogen-bond acceptors (Lipinski definition) is 3. The summed E-state index contributed by atoms with van der Waals surface area (Å²) in [7, 11) is 0. The van der Waals surface area contributed by atoms with E-state index in [1.165, 1.54) is 36.3 Å². The molecular formula is C31H36FNOS. The van der Waals surface area contributed by atoms with Gasteiger partial charge in [-0.15, -0.1) is 11.3 Å². The Bertz CT molecular complexity index is 1130. The summed E-state index contributed by atoms with van der Waals surface area (Å²) in [4.78, 5) is 3.07. The zero-order valence-corrected chi connectivity index (χ0v) is 22.1. The van der Waals surface area contributed by atoms with E-state index in [1.54, 1.807) is 28.6 Å². The molecule has 0 N–H and O–H groups in total. The van der Waals surface area contributed by atoms with E-state index in [0.717, 1.165) is 29.7 Å². The van der Waals surface area contributed by atoms with Crippen molar-refractivity contribution in [3.05, 3.63) is 86.9 Å². The van der Waals surface area contributed by atoms with Crippen LogP contribution in [0, 0.1) is 17.1 Å². The lowest BCUT2D eigenvalue weighted by Gasteiger charge is -2.08. The minimum Gasteiger partial charge on any atom is -0.494 e. The van der Waals surface area contributed by atoms with Gasteiger partial charge in [-0.05, 0) is 96.3 Å². The van der Waals surface area contributed by atoms with Gasteiger partial charge in [0.2, 0.25) is 0 Å². The van der Waals surface area contributed by atoms with Crippen LogP contribution in [-0.4, -0.2) is 6.61 Å². The van der Waals surface area contributed by atoms with Crippen LogP contribution in [0.2, 0.25) is 0 Å². The monoisotopic (exact) mass is 489 g/mol. The fraction of sp³-hybridized carbons (Fsp3) is 0.387. The number of ether oxygens (including phenoxy) is 1. The molecule has 0 saturated carbocycles. The normalized spacial score (nSPS) is 11.8. The smallest absolute Gasteiger partial charge is 0.123 e. The summed E-state index contributed by atoms with van der Waals surface area (Å²) in [6.45, 7) is 9.85. The molecule has 0 fully saturated rings. The van der Waals surface area contributed by atoms with Gasteiger partial charge < -0.3 is 4.74 Å². The van der Waals surface area contributed by atoms with Crippen molar-refractivity contribution in [3.63, 3.8) is 0 Å². The Morgan fingerprint density at radius 1 is 0.943 bits per heavy atom. The molecule has 0 bridgehead atoms. The van der Waals surface area contributed by atoms with Crippen molar-refractivity contribution in [1.82, 2.24) is 0 Å². The highest BCUT2D eigenvalue weighted by atomic mass is 32.1. The summed E-state index contributed by atoms with van der Waals surface area (Å²) >= 11 is 2.00. The Balaban J connectivity index is 1.41. The first-order valence-electron chi connectivity index (χ1n) is 12.6. The molecule has 1 aromatic heterocycles. The summed E-state index contributed by atoms with van der Waals surface area (Å²) in [6, 6.07) is 18.4. The van der Waals surface area contributed by atoms with Crippen molar-refractivity contribution in [2.75, 3.05) is 6.61 Å². The summed E-state index contributed by atoms with van der Waals surface area (Å²) in [5.41, 5.74) is 3.70. The third kappa shape index (κ3) is 8.08. The minimum absolute atomic E-state index is 0.287. The second kappa shape index (κ2) is 13.3. The summed E-state index contributed by atoms with van der Waals surface area (Å²) in [5, 5.41) is 9.53. The molecule has 3 aromatic rings. The maximum Gasteiger partial charge on any atom is 0.123 e. The molecule has 0 saturated heterocycles. The first-order chi connectivity index (χ1) is 16.9. The van der Waals surface area contributed by atoms with Crippen LogP contribution in [0.15, 0.2) is 54.6 Å². The molecule has 184 valence electrons. The van der Waals surface area contributed by atoms with E-state index >= 15 is 0 Å². The Hall–Kier alpha value is -2.90. The zero-order valence-electron chi connectivity index (χ0n) is 21.3. The predicted molar refractivity (Wildman–Crippen MR) is 146 cm³/mol. The third-order valence-corrected chi connectivity index (χ3v) is 7.81. The number of benzene rings is 2. The topological polar surface area (TPSA) is 33.0 Å². The standard InChI is InChI=1S/C31H36FNOS/c1-22(2)30-20-26(31(35-30)23(3)4)9-7-5-6-8-18-34-29-16-12-25(13-17-29)27(21-33)19-24-10-14-28(32)15-11-24/h10-17,19-20,22-23H,5-9,18H2,1-4H3/b27-19+. The van der Waals surface area contributed by atoms with Crippen LogP contribution in [0.25, 0.3) is 11.6 Å². The van der Waals surface area contributed by atoms with Gasteiger partial charge in [-0.2, -0.15) is 5.26 Å². The fourth-order valence-electron chi connectivity index (χ4n) is 4.03. The lowest BCUT2D eigenvalue weighted by molar-refractivity contribution is 0.304. The lowest BCUT2D eigenvalue weighted by atomic mass is 10.0. The van der Waals surface area contributed by atoms with Crippen LogP contribution in [0.5, 0.6) is 5.75 Å². The van der Waals surface area contributed by atoms with Gasteiger partial charge in [-0.1, -0.05) is 52.7 Å². The second-order valence-corrected chi connectivity index (χ2v) is 10.7. The van der Waals surface area contributed by atoms with E-state index in [-0.39, 0.29) is 5.82 Å². The number of unbranched alkanes of at least 4 members (excludes halogenated alkanes) is 3. The molecule has 0 spiro atoms. The van der Waals surface area contributed by atoms with Gasteiger partial charge in [0.15, 0.2) is 0 Å². The van der Waals surface area contributed by atoms with E-state index in [2.05, 4.69) is 39.8 Å². The molecule has 0 radical (unpaired) electrons. The van der Waals surface area contributed by atoms with Gasteiger partial charge in [0.1, 0.15) is 11.6 Å². The summed E-state index contributed by atoms with van der Waals surface area (Å²) < 4.78 is 19.0. The quantitative estimate of drug-likeness (QED) is 0.144. The molecule has 4 heteroatoms. The highest BCUT2D eigenvalue weighted by Gasteiger charge is 2.13. The van der Waals surface area contributed by atoms with E-state index in [1.807, 2.05) is 35.6 Å². The molecule has 35 heavy (non-hydrogen) atoms. The number of thiophene rings is 1. The van der Waals surface area contributed by atoms with Gasteiger partial charge in [0.25, 0.3) is 0 Å². The zero-order chi connectivity index (χ0) is 25.2. The molecule has 3 rings (SSSR count). The molecule has 1 heterocycles. The SMILES string of the molecule is CC(C)c1cc(CCCCCCOc2ccc(/C(C#N)=C/c3ccc(F)cc3)cc2)c(C(C)C)s1. The Morgan fingerprint density at radius 2 is 1.63 bits per heavy atom. The van der Waals surface area contributed by atoms with Crippen LogP contribution in [0.4, 0.5) is 4.39 Å². The molecule has 0 aliphatic heterocycles. The molecule has 0 unspecified atom stereocenters. The number of nitrogens with zero attached hydrogens (tertiary/aromatic N) is 1. The van der Waals surface area contributed by atoms with Crippen LogP contribution in [0.3, 0.4) is 0 Å². The molecule has 0 atom stereocenters. The van der Waals surface area contributed by atoms with Crippen molar-refractivity contribution in [3.8, 4) is 11.8 Å². The average Bonchev–Trinajstić information content (AvgIpc) is 3.29. The van der Waals surface area contributed by atoms with Gasteiger partial charge in [0, 0.05) is 9.75 Å². The van der Waals surface area contributed by atoms with Crippen LogP contribution >= 0.6 is 11.3 Å². The molecule has 2 aromatic carbocycles. The number of allylic oxidation sites excluding steroid dienone is 1. The van der Waals surface area contributed by atoms with Crippen molar-refractivity contribution in [2.24, 2.45) is 0 Å². The molecule has 0 amide bonds. The fourth-order valence-corrected chi connectivity index (χ4v) is 5.25. The largest absolute Gasteiger partial charge is 0.494 e. The van der Waals surface area contributed by atoms with Crippen molar-refractivity contribution in [2.45, 2.75) is 71.6 Å². The Labute approximate surface area is 214 Å². The molecular weight excluding hydrogens is 453 g/mol. The van der Waals surface area contributed by atoms with E-state index in [9.17, 15) is 9.65 Å². The highest BCUT2D eigenvalue weighted by molar-refractivity contribution is 7.12. The van der Waals surface area contributed by atoms with Crippen molar-refractivity contribution >= 4 is 23.0 Å². The average molecular weight is 490 g/mol. The first kappa shape index (κ1) is 26.7. The van der Waals surface area contributed by atoms with Gasteiger partial charge in [-0.25, -0.2) is 4.39 Å². The summed E-state index contributed by atoms with van der Waals surface area (Å²) in [6.07, 6.45) is 7.57. The number of nitriles is 1. The lowest BCUT2D eigenvalue weighted by Crippen LogP contribution is -1.98. The first-order valence-corrected chi connectivity index (χ1v) is 13.4. The minimum atomic E-state index is -0.287. The maximum atomic E-state index is 13.1. The van der Waals surface area contributed by atoms with Crippen LogP contribution in [0.1, 0.15) is 91.7 Å². The van der Waals surface area contributed by atoms with E-state index in [4.69, 9.17) is 4.74 Å².